The zero-order valence-corrected chi connectivity index (χ0v) is 12.3. The van der Waals surface area contributed by atoms with Crippen LogP contribution < -0.4 is 5.32 Å². The van der Waals surface area contributed by atoms with Gasteiger partial charge in [0.1, 0.15) is 6.10 Å². The van der Waals surface area contributed by atoms with Crippen LogP contribution in [0.5, 0.6) is 0 Å². The van der Waals surface area contributed by atoms with Gasteiger partial charge in [-0.15, -0.1) is 0 Å². The van der Waals surface area contributed by atoms with Gasteiger partial charge in [-0.2, -0.15) is 0 Å². The topological polar surface area (TPSA) is 38.3 Å². The number of amides is 1. The second kappa shape index (κ2) is 4.99. The zero-order chi connectivity index (χ0) is 13.5. The first-order valence-corrected chi connectivity index (χ1v) is 8.09. The third-order valence-electron chi connectivity index (χ3n) is 5.71. The van der Waals surface area contributed by atoms with Gasteiger partial charge in [0.05, 0.1) is 0 Å². The standard InChI is InChI=1S/C16H27NO2/c1-3-14(19-15(18)17-4-2)16-8-11-5-12(9-16)7-13(6-11)10-16/h11-14H,3-10H2,1-2H3,(H,17,18)/t11?,12?,13?,14-,16?/m0/s1. The van der Waals surface area contributed by atoms with Crippen molar-refractivity contribution in [2.75, 3.05) is 6.54 Å². The van der Waals surface area contributed by atoms with Crippen molar-refractivity contribution < 1.29 is 9.53 Å². The molecule has 0 aromatic carbocycles. The third kappa shape index (κ3) is 2.36. The van der Waals surface area contributed by atoms with Crippen molar-refractivity contribution in [3.8, 4) is 0 Å². The second-order valence-electron chi connectivity index (χ2n) is 7.11. The molecular formula is C16H27NO2. The molecule has 108 valence electrons. The van der Waals surface area contributed by atoms with E-state index in [0.29, 0.717) is 12.0 Å². The summed E-state index contributed by atoms with van der Waals surface area (Å²) in [5.74, 6) is 2.74. The quantitative estimate of drug-likeness (QED) is 0.841. The molecule has 1 atom stereocenters. The highest BCUT2D eigenvalue weighted by Crippen LogP contribution is 2.62. The Morgan fingerprint density at radius 1 is 1.16 bits per heavy atom. The number of hydrogen-bond acceptors (Lipinski definition) is 2. The van der Waals surface area contributed by atoms with Crippen molar-refractivity contribution in [3.63, 3.8) is 0 Å². The third-order valence-corrected chi connectivity index (χ3v) is 5.71. The summed E-state index contributed by atoms with van der Waals surface area (Å²) in [5.41, 5.74) is 0.314. The van der Waals surface area contributed by atoms with Crippen molar-refractivity contribution in [1.82, 2.24) is 5.32 Å². The van der Waals surface area contributed by atoms with Gasteiger partial charge < -0.3 is 10.1 Å². The fourth-order valence-electron chi connectivity index (χ4n) is 5.53. The lowest BCUT2D eigenvalue weighted by molar-refractivity contribution is -0.122. The molecule has 1 amide bonds. The van der Waals surface area contributed by atoms with Gasteiger partial charge in [-0.25, -0.2) is 4.79 Å². The normalized spacial score (nSPS) is 41.1. The fourth-order valence-corrected chi connectivity index (χ4v) is 5.53. The number of rotatable bonds is 4. The average Bonchev–Trinajstić information content (AvgIpc) is 2.34. The van der Waals surface area contributed by atoms with Crippen molar-refractivity contribution >= 4 is 6.09 Å². The lowest BCUT2D eigenvalue weighted by Gasteiger charge is -2.58. The minimum atomic E-state index is -0.218. The van der Waals surface area contributed by atoms with Gasteiger partial charge >= 0.3 is 6.09 Å². The summed E-state index contributed by atoms with van der Waals surface area (Å²) < 4.78 is 5.77. The van der Waals surface area contributed by atoms with Crippen LogP contribution in [0.3, 0.4) is 0 Å². The molecule has 3 heteroatoms. The number of nitrogens with one attached hydrogen (secondary N) is 1. The van der Waals surface area contributed by atoms with Crippen LogP contribution in [0.4, 0.5) is 4.79 Å². The minimum absolute atomic E-state index is 0.132. The summed E-state index contributed by atoms with van der Waals surface area (Å²) in [6.07, 6.45) is 9.11. The highest BCUT2D eigenvalue weighted by molar-refractivity contribution is 5.67. The molecule has 3 nitrogen and oxygen atoms in total. The number of ether oxygens (including phenoxy) is 1. The molecule has 4 saturated carbocycles. The van der Waals surface area contributed by atoms with Crippen LogP contribution in [0.25, 0.3) is 0 Å². The van der Waals surface area contributed by atoms with Crippen molar-refractivity contribution in [2.24, 2.45) is 23.2 Å². The van der Waals surface area contributed by atoms with E-state index in [1.54, 1.807) is 0 Å². The highest BCUT2D eigenvalue weighted by Gasteiger charge is 2.54. The van der Waals surface area contributed by atoms with E-state index in [1.807, 2.05) is 6.92 Å². The molecule has 4 aliphatic rings. The zero-order valence-electron chi connectivity index (χ0n) is 12.3. The second-order valence-corrected chi connectivity index (χ2v) is 7.11. The van der Waals surface area contributed by atoms with Crippen LogP contribution in [0, 0.1) is 23.2 Å². The molecule has 0 aliphatic heterocycles. The Bertz CT molecular complexity index is 317. The lowest BCUT2D eigenvalue weighted by Crippen LogP contribution is -2.53. The predicted octanol–water partition coefficient (Wildman–Crippen LogP) is 3.73. The molecule has 1 N–H and O–H groups in total. The molecule has 4 bridgehead atoms. The van der Waals surface area contributed by atoms with Crippen molar-refractivity contribution in [2.45, 2.75) is 64.9 Å². The first-order valence-electron chi connectivity index (χ1n) is 8.09. The Balaban J connectivity index is 1.73. The summed E-state index contributed by atoms with van der Waals surface area (Å²) in [5, 5.41) is 2.78. The Kier molecular flexibility index (Phi) is 3.48. The number of carbonyl (C=O) groups is 1. The molecular weight excluding hydrogens is 238 g/mol. The summed E-state index contributed by atoms with van der Waals surface area (Å²) in [7, 11) is 0. The number of hydrogen-bond donors (Lipinski definition) is 1. The molecule has 0 heterocycles. The molecule has 19 heavy (non-hydrogen) atoms. The van der Waals surface area contributed by atoms with E-state index in [-0.39, 0.29) is 12.2 Å². The van der Waals surface area contributed by atoms with E-state index in [9.17, 15) is 4.79 Å². The van der Waals surface area contributed by atoms with Crippen LogP contribution in [0.15, 0.2) is 0 Å². The van der Waals surface area contributed by atoms with E-state index in [4.69, 9.17) is 4.74 Å². The highest BCUT2D eigenvalue weighted by atomic mass is 16.6. The van der Waals surface area contributed by atoms with Crippen molar-refractivity contribution in [1.29, 1.82) is 0 Å². The Morgan fingerprint density at radius 3 is 2.11 bits per heavy atom. The molecule has 4 fully saturated rings. The summed E-state index contributed by atoms with van der Waals surface area (Å²) in [6, 6.07) is 0. The summed E-state index contributed by atoms with van der Waals surface area (Å²) >= 11 is 0. The Labute approximate surface area is 116 Å². The van der Waals surface area contributed by atoms with E-state index in [1.165, 1.54) is 38.5 Å². The summed E-state index contributed by atoms with van der Waals surface area (Å²) in [6.45, 7) is 4.76. The SMILES string of the molecule is CCNC(=O)O[C@@H](CC)C12CC3CC(CC(C3)C1)C2. The largest absolute Gasteiger partial charge is 0.446 e. The van der Waals surface area contributed by atoms with Crippen molar-refractivity contribution in [3.05, 3.63) is 0 Å². The van der Waals surface area contributed by atoms with Crippen LogP contribution in [-0.4, -0.2) is 18.7 Å². The van der Waals surface area contributed by atoms with E-state index in [0.717, 1.165) is 24.2 Å². The smallest absolute Gasteiger partial charge is 0.407 e. The Morgan fingerprint density at radius 2 is 1.68 bits per heavy atom. The van der Waals surface area contributed by atoms with Gasteiger partial charge in [-0.05, 0) is 69.6 Å². The molecule has 4 rings (SSSR count). The lowest BCUT2D eigenvalue weighted by atomic mass is 9.48. The Hall–Kier alpha value is -0.730. The van der Waals surface area contributed by atoms with Crippen LogP contribution in [-0.2, 0) is 4.74 Å². The van der Waals surface area contributed by atoms with Gasteiger partial charge in [0.2, 0.25) is 0 Å². The average molecular weight is 265 g/mol. The van der Waals surface area contributed by atoms with Crippen LogP contribution in [0.1, 0.15) is 58.8 Å². The molecule has 0 spiro atoms. The fraction of sp³-hybridized carbons (Fsp3) is 0.938. The first kappa shape index (κ1) is 13.3. The van der Waals surface area contributed by atoms with Crippen LogP contribution >= 0.6 is 0 Å². The van der Waals surface area contributed by atoms with Gasteiger partial charge in [-0.1, -0.05) is 6.92 Å². The molecule has 0 radical (unpaired) electrons. The molecule has 0 unspecified atom stereocenters. The monoisotopic (exact) mass is 265 g/mol. The predicted molar refractivity (Wildman–Crippen MR) is 74.8 cm³/mol. The number of alkyl carbamates (subject to hydrolysis) is 1. The maximum absolute atomic E-state index is 11.8. The van der Waals surface area contributed by atoms with E-state index < -0.39 is 0 Å². The number of carbonyl (C=O) groups excluding carboxylic acids is 1. The van der Waals surface area contributed by atoms with Gasteiger partial charge in [0, 0.05) is 12.0 Å². The maximum Gasteiger partial charge on any atom is 0.407 e. The van der Waals surface area contributed by atoms with Gasteiger partial charge in [-0.3, -0.25) is 0 Å². The maximum atomic E-state index is 11.8. The minimum Gasteiger partial charge on any atom is -0.446 e. The van der Waals surface area contributed by atoms with E-state index >= 15 is 0 Å². The van der Waals surface area contributed by atoms with E-state index in [2.05, 4.69) is 12.2 Å². The molecule has 0 aromatic rings. The van der Waals surface area contributed by atoms with Gasteiger partial charge in [0.25, 0.3) is 0 Å². The van der Waals surface area contributed by atoms with Crippen LogP contribution in [0.2, 0.25) is 0 Å². The molecule has 4 aliphatic carbocycles. The first-order chi connectivity index (χ1) is 9.15. The van der Waals surface area contributed by atoms with Gasteiger partial charge in [0.15, 0.2) is 0 Å². The molecule has 0 aromatic heterocycles. The molecule has 0 saturated heterocycles. The summed E-state index contributed by atoms with van der Waals surface area (Å²) in [4.78, 5) is 11.8.